The zero-order chi connectivity index (χ0) is 28.0. The number of aryl methyl sites for hydroxylation is 1. The quantitative estimate of drug-likeness (QED) is 0.369. The molecule has 5 rings (SSSR count). The number of aromatic nitrogens is 1. The molecule has 10 atom stereocenters. The summed E-state index contributed by atoms with van der Waals surface area (Å²) in [7, 11) is 0. The first kappa shape index (κ1) is 28.6. The number of aliphatic hydroxyl groups is 1. The molecule has 2 N–H and O–H groups in total. The third kappa shape index (κ3) is 5.39. The van der Waals surface area contributed by atoms with Crippen LogP contribution >= 0.6 is 0 Å². The summed E-state index contributed by atoms with van der Waals surface area (Å²) in [5.41, 5.74) is 0.642. The van der Waals surface area contributed by atoms with Gasteiger partial charge >= 0.3 is 11.9 Å². The average Bonchev–Trinajstić information content (AvgIpc) is 3.25. The number of pyridine rings is 1. The van der Waals surface area contributed by atoms with E-state index in [1.165, 1.54) is 6.42 Å². The number of rotatable bonds is 8. The van der Waals surface area contributed by atoms with Crippen LogP contribution in [0.2, 0.25) is 0 Å². The highest BCUT2D eigenvalue weighted by Gasteiger charge is 2.64. The van der Waals surface area contributed by atoms with Crippen LogP contribution in [0.5, 0.6) is 0 Å². The molecule has 4 saturated carbocycles. The van der Waals surface area contributed by atoms with E-state index in [1.54, 1.807) is 6.92 Å². The topological polar surface area (TPSA) is 96.7 Å². The molecule has 0 bridgehead atoms. The predicted octanol–water partition coefficient (Wildman–Crippen LogP) is 6.45. The van der Waals surface area contributed by atoms with Crippen LogP contribution in [0.3, 0.4) is 0 Å². The molecule has 0 aromatic carbocycles. The van der Waals surface area contributed by atoms with Crippen LogP contribution in [0.1, 0.15) is 104 Å². The van der Waals surface area contributed by atoms with Gasteiger partial charge in [-0.05, 0) is 123 Å². The maximum Gasteiger partial charge on any atom is 0.303 e. The monoisotopic (exact) mass is 539 g/mol. The maximum absolute atomic E-state index is 12.4. The lowest BCUT2D eigenvalue weighted by Gasteiger charge is -2.63. The van der Waals surface area contributed by atoms with E-state index in [4.69, 9.17) is 4.74 Å². The third-order valence-corrected chi connectivity index (χ3v) is 12.3. The Morgan fingerprint density at radius 3 is 2.56 bits per heavy atom. The number of aliphatic carboxylic acids is 1. The Bertz CT molecular complexity index is 1050. The Hall–Kier alpha value is -1.95. The van der Waals surface area contributed by atoms with Crippen molar-refractivity contribution in [2.75, 3.05) is 0 Å². The zero-order valence-corrected chi connectivity index (χ0v) is 24.4. The molecule has 6 nitrogen and oxygen atoms in total. The lowest BCUT2D eigenvalue weighted by atomic mass is 9.42. The lowest BCUT2D eigenvalue weighted by molar-refractivity contribution is -0.203. The molecule has 1 aromatic heterocycles. The van der Waals surface area contributed by atoms with Crippen molar-refractivity contribution in [1.82, 2.24) is 4.98 Å². The number of esters is 1. The number of carbonyl (C=O) groups excluding carboxylic acids is 1. The first-order valence-corrected chi connectivity index (χ1v) is 15.5. The molecule has 216 valence electrons. The first-order valence-electron chi connectivity index (χ1n) is 15.5. The van der Waals surface area contributed by atoms with Crippen LogP contribution < -0.4 is 0 Å². The van der Waals surface area contributed by atoms with Crippen LogP contribution in [0.4, 0.5) is 0 Å². The van der Waals surface area contributed by atoms with Crippen molar-refractivity contribution >= 4 is 11.9 Å². The summed E-state index contributed by atoms with van der Waals surface area (Å²) in [4.78, 5) is 28.1. The molecule has 39 heavy (non-hydrogen) atoms. The number of nitrogens with zero attached hydrogens (tertiary/aromatic N) is 1. The number of carboxylic acids is 1. The highest BCUT2D eigenvalue weighted by atomic mass is 16.5. The van der Waals surface area contributed by atoms with E-state index in [0.29, 0.717) is 35.5 Å². The SMILES string of the molecule is CC(=O)O[C@@H]1C[C@@H]2C[C@@](O)(CCc3ccccn3)CC[C@]2(C)[C@H]2CC[C@]3(C)[C@@H]([C@H](C)CCC(=O)O)CC[C@H]3[C@H]12. The molecule has 4 aliphatic rings. The van der Waals surface area contributed by atoms with Gasteiger partial charge in [0.25, 0.3) is 0 Å². The van der Waals surface area contributed by atoms with Crippen molar-refractivity contribution in [2.45, 2.75) is 116 Å². The molecule has 0 radical (unpaired) electrons. The molecular weight excluding hydrogens is 490 g/mol. The molecule has 4 aliphatic carbocycles. The fourth-order valence-corrected chi connectivity index (χ4v) is 10.3. The third-order valence-electron chi connectivity index (χ3n) is 12.3. The number of hydrogen-bond donors (Lipinski definition) is 2. The number of hydrogen-bond acceptors (Lipinski definition) is 5. The molecule has 0 spiro atoms. The number of carboxylic acid groups (broad SMARTS) is 1. The fraction of sp³-hybridized carbons (Fsp3) is 0.788. The fourth-order valence-electron chi connectivity index (χ4n) is 10.3. The van der Waals surface area contributed by atoms with Gasteiger partial charge in [-0.3, -0.25) is 14.6 Å². The zero-order valence-electron chi connectivity index (χ0n) is 24.4. The Kier molecular flexibility index (Phi) is 7.91. The second kappa shape index (κ2) is 10.8. The molecule has 0 saturated heterocycles. The molecule has 0 amide bonds. The van der Waals surface area contributed by atoms with E-state index in [2.05, 4.69) is 25.8 Å². The van der Waals surface area contributed by atoms with Gasteiger partial charge in [-0.2, -0.15) is 0 Å². The number of ether oxygens (including phenoxy) is 1. The van der Waals surface area contributed by atoms with E-state index in [0.717, 1.165) is 69.9 Å². The van der Waals surface area contributed by atoms with Gasteiger partial charge < -0.3 is 14.9 Å². The summed E-state index contributed by atoms with van der Waals surface area (Å²) in [5, 5.41) is 21.0. The summed E-state index contributed by atoms with van der Waals surface area (Å²) in [5.74, 6) is 1.69. The van der Waals surface area contributed by atoms with Gasteiger partial charge in [0.15, 0.2) is 0 Å². The molecule has 4 fully saturated rings. The van der Waals surface area contributed by atoms with Crippen molar-refractivity contribution < 1.29 is 24.5 Å². The Morgan fingerprint density at radius 1 is 1.10 bits per heavy atom. The van der Waals surface area contributed by atoms with E-state index < -0.39 is 11.6 Å². The Labute approximate surface area is 234 Å². The van der Waals surface area contributed by atoms with E-state index in [9.17, 15) is 19.8 Å². The summed E-state index contributed by atoms with van der Waals surface area (Å²) in [6.45, 7) is 8.73. The van der Waals surface area contributed by atoms with Crippen LogP contribution in [-0.2, 0) is 20.7 Å². The summed E-state index contributed by atoms with van der Waals surface area (Å²) < 4.78 is 6.17. The molecule has 0 unspecified atom stereocenters. The van der Waals surface area contributed by atoms with Crippen LogP contribution in [0, 0.1) is 46.3 Å². The molecular formula is C33H49NO5. The summed E-state index contributed by atoms with van der Waals surface area (Å²) in [6.07, 6.45) is 12.3. The minimum Gasteiger partial charge on any atom is -0.481 e. The van der Waals surface area contributed by atoms with Gasteiger partial charge in [-0.25, -0.2) is 0 Å². The van der Waals surface area contributed by atoms with Crippen molar-refractivity contribution in [3.63, 3.8) is 0 Å². The maximum atomic E-state index is 12.4. The molecule has 6 heteroatoms. The van der Waals surface area contributed by atoms with E-state index >= 15 is 0 Å². The molecule has 1 heterocycles. The Balaban J connectivity index is 1.36. The molecule has 1 aromatic rings. The summed E-state index contributed by atoms with van der Waals surface area (Å²) in [6, 6.07) is 5.97. The second-order valence-electron chi connectivity index (χ2n) is 14.3. The van der Waals surface area contributed by atoms with Crippen molar-refractivity contribution in [1.29, 1.82) is 0 Å². The smallest absolute Gasteiger partial charge is 0.303 e. The average molecular weight is 540 g/mol. The first-order chi connectivity index (χ1) is 18.4. The van der Waals surface area contributed by atoms with Gasteiger partial charge in [0.2, 0.25) is 0 Å². The number of carbonyl (C=O) groups is 2. The largest absolute Gasteiger partial charge is 0.481 e. The highest BCUT2D eigenvalue weighted by molar-refractivity contribution is 5.66. The highest BCUT2D eigenvalue weighted by Crippen LogP contribution is 2.69. The van der Waals surface area contributed by atoms with Crippen LogP contribution in [-0.4, -0.2) is 38.8 Å². The van der Waals surface area contributed by atoms with Gasteiger partial charge in [-0.1, -0.05) is 26.8 Å². The van der Waals surface area contributed by atoms with Crippen molar-refractivity contribution in [2.24, 2.45) is 46.3 Å². The van der Waals surface area contributed by atoms with Crippen molar-refractivity contribution in [3.8, 4) is 0 Å². The van der Waals surface area contributed by atoms with Crippen LogP contribution in [0.15, 0.2) is 24.4 Å². The Morgan fingerprint density at radius 2 is 1.87 bits per heavy atom. The predicted molar refractivity (Wildman–Crippen MR) is 150 cm³/mol. The van der Waals surface area contributed by atoms with Crippen molar-refractivity contribution in [3.05, 3.63) is 30.1 Å². The van der Waals surface area contributed by atoms with E-state index in [-0.39, 0.29) is 29.3 Å². The van der Waals surface area contributed by atoms with Gasteiger partial charge in [0.05, 0.1) is 5.60 Å². The minimum absolute atomic E-state index is 0.0959. The van der Waals surface area contributed by atoms with Crippen LogP contribution in [0.25, 0.3) is 0 Å². The normalized spacial score (nSPS) is 42.1. The number of fused-ring (bicyclic) bond motifs is 5. The molecule has 0 aliphatic heterocycles. The second-order valence-corrected chi connectivity index (χ2v) is 14.3. The van der Waals surface area contributed by atoms with E-state index in [1.807, 2.05) is 24.4 Å². The lowest BCUT2D eigenvalue weighted by Crippen LogP contribution is -2.60. The standard InChI is InChI=1S/C33H49NO5/c1-21(8-11-29(36)37)25-9-10-26-30-27(13-14-32(25,26)4)31(3)16-17-33(38,15-12-24-7-5-6-18-34-24)20-23(31)19-28(30)39-22(2)35/h5-7,18,21,23,25-28,30,38H,8-17,19-20H2,1-4H3,(H,36,37)/t21-,23-,25-,26+,27+,28-,30+,31+,32-,33-/m1/s1. The minimum atomic E-state index is -0.705. The van der Waals surface area contributed by atoms with Gasteiger partial charge in [0.1, 0.15) is 6.10 Å². The van der Waals surface area contributed by atoms with Gasteiger partial charge in [0, 0.05) is 31.2 Å². The van der Waals surface area contributed by atoms with Gasteiger partial charge in [-0.15, -0.1) is 0 Å². The summed E-state index contributed by atoms with van der Waals surface area (Å²) >= 11 is 0.